The monoisotopic (exact) mass is 334 g/mol. The number of aromatic nitrogens is 4. The Labute approximate surface area is 127 Å². The summed E-state index contributed by atoms with van der Waals surface area (Å²) in [5, 5.41) is 0. The lowest BCUT2D eigenvalue weighted by Crippen LogP contribution is -2.18. The van der Waals surface area contributed by atoms with Crippen molar-refractivity contribution < 1.29 is 0 Å². The minimum absolute atomic E-state index is 0.0703. The average molecular weight is 335 g/mol. The van der Waals surface area contributed by atoms with E-state index < -0.39 is 0 Å². The Kier molecular flexibility index (Phi) is 3.40. The molecule has 3 rings (SSSR count). The highest BCUT2D eigenvalue weighted by atomic mass is 79.9. The van der Waals surface area contributed by atoms with E-state index in [2.05, 4.69) is 51.2 Å². The maximum absolute atomic E-state index is 4.74. The number of imidazole rings is 1. The van der Waals surface area contributed by atoms with Gasteiger partial charge in [0.15, 0.2) is 0 Å². The Morgan fingerprint density at radius 1 is 1.15 bits per heavy atom. The Balaban J connectivity index is 2.11. The van der Waals surface area contributed by atoms with Crippen LogP contribution in [-0.4, -0.2) is 19.5 Å². The molecule has 0 unspecified atom stereocenters. The van der Waals surface area contributed by atoms with Crippen LogP contribution in [0.2, 0.25) is 0 Å². The van der Waals surface area contributed by atoms with Crippen LogP contribution in [0.4, 0.5) is 0 Å². The highest BCUT2D eigenvalue weighted by molar-refractivity contribution is 9.10. The van der Waals surface area contributed by atoms with Gasteiger partial charge in [-0.2, -0.15) is 0 Å². The van der Waals surface area contributed by atoms with E-state index in [1.54, 1.807) is 0 Å². The summed E-state index contributed by atoms with van der Waals surface area (Å²) in [4.78, 5) is 13.8. The molecule has 0 amide bonds. The first kappa shape index (κ1) is 13.7. The summed E-state index contributed by atoms with van der Waals surface area (Å²) >= 11 is 3.50. The van der Waals surface area contributed by atoms with Gasteiger partial charge in [-0.25, -0.2) is 15.0 Å². The van der Waals surface area contributed by atoms with E-state index in [9.17, 15) is 0 Å². The molecule has 5 heteroatoms. The fraction of sp³-hybridized carbons (Fsp3) is 0.533. The maximum Gasteiger partial charge on any atom is 0.142 e. The molecule has 0 saturated heterocycles. The third-order valence-electron chi connectivity index (χ3n) is 3.63. The SMILES string of the molecule is CC(C)(C)c1nc(Br)cc(-n2cnc3c2CCCC3)n1. The van der Waals surface area contributed by atoms with Crippen LogP contribution in [0.25, 0.3) is 5.82 Å². The van der Waals surface area contributed by atoms with Crippen molar-refractivity contribution in [2.45, 2.75) is 51.9 Å². The predicted molar refractivity (Wildman–Crippen MR) is 82.2 cm³/mol. The Morgan fingerprint density at radius 3 is 2.65 bits per heavy atom. The van der Waals surface area contributed by atoms with Crippen LogP contribution in [-0.2, 0) is 18.3 Å². The zero-order valence-corrected chi connectivity index (χ0v) is 13.7. The lowest BCUT2D eigenvalue weighted by atomic mass is 9.96. The quantitative estimate of drug-likeness (QED) is 0.748. The van der Waals surface area contributed by atoms with E-state index in [0.29, 0.717) is 0 Å². The smallest absolute Gasteiger partial charge is 0.142 e. The van der Waals surface area contributed by atoms with Crippen LogP contribution < -0.4 is 0 Å². The summed E-state index contributed by atoms with van der Waals surface area (Å²) in [6.07, 6.45) is 6.54. The molecule has 0 fully saturated rings. The van der Waals surface area contributed by atoms with Crippen molar-refractivity contribution in [3.05, 3.63) is 34.2 Å². The second-order valence-corrected chi connectivity index (χ2v) is 7.15. The molecule has 0 saturated carbocycles. The Hall–Kier alpha value is -1.23. The largest absolute Gasteiger partial charge is 0.287 e. The van der Waals surface area contributed by atoms with Gasteiger partial charge in [0.1, 0.15) is 22.6 Å². The fourth-order valence-corrected chi connectivity index (χ4v) is 2.90. The second-order valence-electron chi connectivity index (χ2n) is 6.34. The summed E-state index contributed by atoms with van der Waals surface area (Å²) in [5.74, 6) is 1.76. The van der Waals surface area contributed by atoms with Gasteiger partial charge in [0.2, 0.25) is 0 Å². The van der Waals surface area contributed by atoms with Crippen LogP contribution in [0.1, 0.15) is 50.8 Å². The van der Waals surface area contributed by atoms with E-state index in [1.165, 1.54) is 24.2 Å². The molecule has 4 nitrogen and oxygen atoms in total. The third-order valence-corrected chi connectivity index (χ3v) is 4.04. The van der Waals surface area contributed by atoms with Gasteiger partial charge in [0.05, 0.1) is 5.69 Å². The first-order chi connectivity index (χ1) is 9.45. The number of nitrogens with zero attached hydrogens (tertiary/aromatic N) is 4. The molecular weight excluding hydrogens is 316 g/mol. The van der Waals surface area contributed by atoms with Gasteiger partial charge in [-0.1, -0.05) is 20.8 Å². The molecule has 2 aromatic rings. The van der Waals surface area contributed by atoms with Crippen molar-refractivity contribution in [1.29, 1.82) is 0 Å². The zero-order chi connectivity index (χ0) is 14.3. The number of aryl methyl sites for hydroxylation is 1. The molecule has 1 aliphatic rings. The summed E-state index contributed by atoms with van der Waals surface area (Å²) < 4.78 is 2.95. The van der Waals surface area contributed by atoms with Crippen molar-refractivity contribution in [3.8, 4) is 5.82 Å². The number of halogens is 1. The minimum Gasteiger partial charge on any atom is -0.287 e. The third kappa shape index (κ3) is 2.51. The minimum atomic E-state index is -0.0703. The van der Waals surface area contributed by atoms with Crippen molar-refractivity contribution in [2.75, 3.05) is 0 Å². The fourth-order valence-electron chi connectivity index (χ4n) is 2.53. The van der Waals surface area contributed by atoms with Gasteiger partial charge < -0.3 is 0 Å². The van der Waals surface area contributed by atoms with Gasteiger partial charge in [0, 0.05) is 17.2 Å². The molecule has 0 radical (unpaired) electrons. The highest BCUT2D eigenvalue weighted by Gasteiger charge is 2.21. The first-order valence-corrected chi connectivity index (χ1v) is 7.85. The van der Waals surface area contributed by atoms with Crippen molar-refractivity contribution in [1.82, 2.24) is 19.5 Å². The summed E-state index contributed by atoms with van der Waals surface area (Å²) in [5.41, 5.74) is 2.46. The molecule has 2 aromatic heterocycles. The first-order valence-electron chi connectivity index (χ1n) is 7.06. The van der Waals surface area contributed by atoms with E-state index in [0.717, 1.165) is 29.1 Å². The van der Waals surface area contributed by atoms with Crippen molar-refractivity contribution in [3.63, 3.8) is 0 Å². The zero-order valence-electron chi connectivity index (χ0n) is 12.1. The van der Waals surface area contributed by atoms with Crippen LogP contribution in [0.3, 0.4) is 0 Å². The van der Waals surface area contributed by atoms with Gasteiger partial charge in [-0.05, 0) is 41.6 Å². The predicted octanol–water partition coefficient (Wildman–Crippen LogP) is 3.60. The molecule has 0 atom stereocenters. The topological polar surface area (TPSA) is 43.6 Å². The van der Waals surface area contributed by atoms with E-state index in [1.807, 2.05) is 12.4 Å². The van der Waals surface area contributed by atoms with Gasteiger partial charge in [-0.3, -0.25) is 4.57 Å². The standard InChI is InChI=1S/C15H19BrN4/c1-15(2,3)14-18-12(16)8-13(19-14)20-9-17-10-6-4-5-7-11(10)20/h8-9H,4-7H2,1-3H3. The van der Waals surface area contributed by atoms with E-state index in [-0.39, 0.29) is 5.41 Å². The average Bonchev–Trinajstić information content (AvgIpc) is 2.80. The van der Waals surface area contributed by atoms with Gasteiger partial charge >= 0.3 is 0 Å². The van der Waals surface area contributed by atoms with Crippen molar-refractivity contribution in [2.24, 2.45) is 0 Å². The lowest BCUT2D eigenvalue weighted by Gasteiger charge is -2.19. The molecule has 2 heterocycles. The lowest BCUT2D eigenvalue weighted by molar-refractivity contribution is 0.540. The molecule has 0 aromatic carbocycles. The number of hydrogen-bond acceptors (Lipinski definition) is 3. The molecule has 0 spiro atoms. The second kappa shape index (κ2) is 4.95. The van der Waals surface area contributed by atoms with Crippen molar-refractivity contribution >= 4 is 15.9 Å². The van der Waals surface area contributed by atoms with Crippen LogP contribution in [0, 0.1) is 0 Å². The number of hydrogen-bond donors (Lipinski definition) is 0. The van der Waals surface area contributed by atoms with E-state index >= 15 is 0 Å². The van der Waals surface area contributed by atoms with Gasteiger partial charge in [-0.15, -0.1) is 0 Å². The van der Waals surface area contributed by atoms with Crippen LogP contribution >= 0.6 is 15.9 Å². The molecule has 1 aliphatic carbocycles. The number of rotatable bonds is 1. The number of fused-ring (bicyclic) bond motifs is 1. The Bertz CT molecular complexity index is 640. The summed E-state index contributed by atoms with van der Waals surface area (Å²) in [7, 11) is 0. The highest BCUT2D eigenvalue weighted by Crippen LogP contribution is 2.26. The molecule has 0 aliphatic heterocycles. The molecule has 106 valence electrons. The summed E-state index contributed by atoms with van der Waals surface area (Å²) in [6, 6.07) is 1.96. The molecular formula is C15H19BrN4. The normalized spacial score (nSPS) is 15.2. The van der Waals surface area contributed by atoms with Crippen LogP contribution in [0.5, 0.6) is 0 Å². The Morgan fingerprint density at radius 2 is 1.90 bits per heavy atom. The van der Waals surface area contributed by atoms with Gasteiger partial charge in [0.25, 0.3) is 0 Å². The van der Waals surface area contributed by atoms with E-state index in [4.69, 9.17) is 4.98 Å². The summed E-state index contributed by atoms with van der Waals surface area (Å²) in [6.45, 7) is 6.38. The molecule has 20 heavy (non-hydrogen) atoms. The molecule has 0 bridgehead atoms. The van der Waals surface area contributed by atoms with Crippen LogP contribution in [0.15, 0.2) is 17.0 Å². The molecule has 0 N–H and O–H groups in total. The maximum atomic E-state index is 4.74.